The predicted octanol–water partition coefficient (Wildman–Crippen LogP) is 5.15. The van der Waals surface area contributed by atoms with E-state index < -0.39 is 0 Å². The van der Waals surface area contributed by atoms with Gasteiger partial charge in [0, 0.05) is 6.04 Å². The van der Waals surface area contributed by atoms with Gasteiger partial charge in [0.05, 0.1) is 0 Å². The van der Waals surface area contributed by atoms with Crippen molar-refractivity contribution < 1.29 is 0 Å². The molecular formula is C16H35N. The molecule has 17 heavy (non-hydrogen) atoms. The van der Waals surface area contributed by atoms with E-state index in [0.29, 0.717) is 6.04 Å². The van der Waals surface area contributed by atoms with E-state index in [9.17, 15) is 0 Å². The van der Waals surface area contributed by atoms with Crippen molar-refractivity contribution in [3.8, 4) is 0 Å². The third-order valence-electron chi connectivity index (χ3n) is 4.00. The summed E-state index contributed by atoms with van der Waals surface area (Å²) < 4.78 is 0. The zero-order valence-electron chi connectivity index (χ0n) is 12.7. The van der Waals surface area contributed by atoms with Crippen LogP contribution in [0.2, 0.25) is 0 Å². The Bertz CT molecular complexity index is 144. The van der Waals surface area contributed by atoms with E-state index in [1.165, 1.54) is 64.2 Å². The number of unbranched alkanes of at least 4 members (excludes halogenated alkanes) is 6. The first-order valence-electron chi connectivity index (χ1n) is 7.93. The molecule has 1 heteroatoms. The molecule has 2 atom stereocenters. The first-order valence-corrected chi connectivity index (χ1v) is 7.93. The van der Waals surface area contributed by atoms with Crippen molar-refractivity contribution in [1.29, 1.82) is 0 Å². The van der Waals surface area contributed by atoms with E-state index in [1.807, 2.05) is 0 Å². The van der Waals surface area contributed by atoms with E-state index in [2.05, 4.69) is 33.1 Å². The summed E-state index contributed by atoms with van der Waals surface area (Å²) in [7, 11) is 2.10. The van der Waals surface area contributed by atoms with Crippen LogP contribution in [0, 0.1) is 5.92 Å². The maximum Gasteiger partial charge on any atom is 0.00639 e. The van der Waals surface area contributed by atoms with Gasteiger partial charge in [0.15, 0.2) is 0 Å². The highest BCUT2D eigenvalue weighted by Crippen LogP contribution is 2.20. The summed E-state index contributed by atoms with van der Waals surface area (Å²) in [6.45, 7) is 6.93. The van der Waals surface area contributed by atoms with Gasteiger partial charge in [-0.2, -0.15) is 0 Å². The summed E-state index contributed by atoms with van der Waals surface area (Å²) in [5.74, 6) is 0.889. The molecule has 1 nitrogen and oxygen atoms in total. The van der Waals surface area contributed by atoms with Crippen LogP contribution in [0.25, 0.3) is 0 Å². The molecule has 0 saturated heterocycles. The fourth-order valence-corrected chi connectivity index (χ4v) is 2.61. The van der Waals surface area contributed by atoms with Crippen LogP contribution < -0.4 is 5.32 Å². The van der Waals surface area contributed by atoms with Gasteiger partial charge in [0.25, 0.3) is 0 Å². The van der Waals surface area contributed by atoms with Crippen LogP contribution >= 0.6 is 0 Å². The largest absolute Gasteiger partial charge is 0.317 e. The lowest BCUT2D eigenvalue weighted by Crippen LogP contribution is -2.30. The Morgan fingerprint density at radius 3 is 1.88 bits per heavy atom. The lowest BCUT2D eigenvalue weighted by Gasteiger charge is -2.23. The van der Waals surface area contributed by atoms with Gasteiger partial charge in [0.1, 0.15) is 0 Å². The van der Waals surface area contributed by atoms with Crippen molar-refractivity contribution in [1.82, 2.24) is 5.32 Å². The Morgan fingerprint density at radius 1 is 0.765 bits per heavy atom. The summed E-state index contributed by atoms with van der Waals surface area (Å²) in [6.07, 6.45) is 14.1. The molecule has 104 valence electrons. The smallest absolute Gasteiger partial charge is 0.00639 e. The first kappa shape index (κ1) is 17.0. The van der Waals surface area contributed by atoms with Crippen LogP contribution in [-0.4, -0.2) is 13.1 Å². The maximum atomic E-state index is 3.42. The summed E-state index contributed by atoms with van der Waals surface area (Å²) in [4.78, 5) is 0. The quantitative estimate of drug-likeness (QED) is 0.466. The average Bonchev–Trinajstić information content (AvgIpc) is 2.35. The average molecular weight is 241 g/mol. The second kappa shape index (κ2) is 12.4. The highest BCUT2D eigenvalue weighted by molar-refractivity contribution is 4.70. The summed E-state index contributed by atoms with van der Waals surface area (Å²) in [5.41, 5.74) is 0. The zero-order chi connectivity index (χ0) is 12.9. The molecule has 0 fully saturated rings. The Kier molecular flexibility index (Phi) is 12.4. The summed E-state index contributed by atoms with van der Waals surface area (Å²) in [6, 6.07) is 0.690. The molecule has 0 aromatic carbocycles. The highest BCUT2D eigenvalue weighted by atomic mass is 14.9. The van der Waals surface area contributed by atoms with Crippen molar-refractivity contribution >= 4 is 0 Å². The lowest BCUT2D eigenvalue weighted by molar-refractivity contribution is 0.333. The van der Waals surface area contributed by atoms with Crippen molar-refractivity contribution in [2.45, 2.75) is 91.0 Å². The van der Waals surface area contributed by atoms with Gasteiger partial charge in [-0.1, -0.05) is 65.2 Å². The number of nitrogens with one attached hydrogen (secondary N) is 1. The van der Waals surface area contributed by atoms with Gasteiger partial charge < -0.3 is 5.32 Å². The van der Waals surface area contributed by atoms with Crippen LogP contribution in [0.15, 0.2) is 0 Å². The molecule has 0 amide bonds. The van der Waals surface area contributed by atoms with Crippen LogP contribution in [-0.2, 0) is 0 Å². The van der Waals surface area contributed by atoms with E-state index >= 15 is 0 Å². The molecule has 0 aliphatic heterocycles. The van der Waals surface area contributed by atoms with Crippen LogP contribution in [0.4, 0.5) is 0 Å². The van der Waals surface area contributed by atoms with Gasteiger partial charge in [-0.15, -0.1) is 0 Å². The summed E-state index contributed by atoms with van der Waals surface area (Å²) in [5, 5.41) is 3.42. The van der Waals surface area contributed by atoms with Crippen LogP contribution in [0.1, 0.15) is 85.0 Å². The Morgan fingerprint density at radius 2 is 1.35 bits per heavy atom. The van der Waals surface area contributed by atoms with Crippen molar-refractivity contribution in [2.24, 2.45) is 5.92 Å². The highest BCUT2D eigenvalue weighted by Gasteiger charge is 2.13. The number of hydrogen-bond acceptors (Lipinski definition) is 1. The monoisotopic (exact) mass is 241 g/mol. The predicted molar refractivity (Wildman–Crippen MR) is 79.5 cm³/mol. The molecule has 0 heterocycles. The molecule has 0 bridgehead atoms. The standard InChI is InChI=1S/C16H35N/c1-5-7-8-9-10-11-12-14-16(13-6-2)15(3)17-4/h15-17H,5-14H2,1-4H3. The normalized spacial score (nSPS) is 14.8. The van der Waals surface area contributed by atoms with E-state index in [1.54, 1.807) is 0 Å². The minimum Gasteiger partial charge on any atom is -0.317 e. The lowest BCUT2D eigenvalue weighted by atomic mass is 9.90. The Labute approximate surface area is 110 Å². The van der Waals surface area contributed by atoms with Gasteiger partial charge in [-0.05, 0) is 32.7 Å². The van der Waals surface area contributed by atoms with Gasteiger partial charge in [0.2, 0.25) is 0 Å². The maximum absolute atomic E-state index is 3.42. The summed E-state index contributed by atoms with van der Waals surface area (Å²) >= 11 is 0. The molecule has 2 unspecified atom stereocenters. The molecule has 0 spiro atoms. The minimum atomic E-state index is 0.690. The van der Waals surface area contributed by atoms with Crippen LogP contribution in [0.3, 0.4) is 0 Å². The molecule has 0 saturated carbocycles. The zero-order valence-corrected chi connectivity index (χ0v) is 12.7. The van der Waals surface area contributed by atoms with Gasteiger partial charge >= 0.3 is 0 Å². The number of hydrogen-bond donors (Lipinski definition) is 1. The van der Waals surface area contributed by atoms with E-state index in [4.69, 9.17) is 0 Å². The van der Waals surface area contributed by atoms with Gasteiger partial charge in [-0.25, -0.2) is 0 Å². The van der Waals surface area contributed by atoms with Crippen LogP contribution in [0.5, 0.6) is 0 Å². The molecule has 0 aromatic rings. The van der Waals surface area contributed by atoms with Gasteiger partial charge in [-0.3, -0.25) is 0 Å². The topological polar surface area (TPSA) is 12.0 Å². The third-order valence-corrected chi connectivity index (χ3v) is 4.00. The molecule has 0 radical (unpaired) electrons. The van der Waals surface area contributed by atoms with E-state index in [0.717, 1.165) is 5.92 Å². The number of rotatable bonds is 12. The third kappa shape index (κ3) is 9.64. The molecule has 0 rings (SSSR count). The first-order chi connectivity index (χ1) is 8.26. The Hall–Kier alpha value is -0.0400. The van der Waals surface area contributed by atoms with Crippen molar-refractivity contribution in [2.75, 3.05) is 7.05 Å². The van der Waals surface area contributed by atoms with Crippen molar-refractivity contribution in [3.05, 3.63) is 0 Å². The SMILES string of the molecule is CCCCCCCCCC(CCC)C(C)NC. The Balaban J connectivity index is 3.47. The second-order valence-corrected chi connectivity index (χ2v) is 5.54. The molecule has 0 aromatic heterocycles. The molecule has 0 aliphatic rings. The molecule has 0 aliphatic carbocycles. The fourth-order valence-electron chi connectivity index (χ4n) is 2.61. The molecular weight excluding hydrogens is 206 g/mol. The second-order valence-electron chi connectivity index (χ2n) is 5.54. The minimum absolute atomic E-state index is 0.690. The van der Waals surface area contributed by atoms with Crippen molar-refractivity contribution in [3.63, 3.8) is 0 Å². The van der Waals surface area contributed by atoms with E-state index in [-0.39, 0.29) is 0 Å². The molecule has 1 N–H and O–H groups in total. The fraction of sp³-hybridized carbons (Fsp3) is 1.00.